The molecule has 21 heavy (non-hydrogen) atoms. The van der Waals surface area contributed by atoms with E-state index >= 15 is 0 Å². The smallest absolute Gasteiger partial charge is 0.242 e. The Morgan fingerprint density at radius 2 is 2.05 bits per heavy atom. The average molecular weight is 381 g/mol. The van der Waals surface area contributed by atoms with Gasteiger partial charge in [0.15, 0.2) is 0 Å². The van der Waals surface area contributed by atoms with Gasteiger partial charge in [0.2, 0.25) is 10.0 Å². The molecule has 0 bridgehead atoms. The molecule has 1 aromatic carbocycles. The van der Waals surface area contributed by atoms with Gasteiger partial charge in [-0.1, -0.05) is 12.8 Å². The molecule has 8 heteroatoms. The van der Waals surface area contributed by atoms with Crippen LogP contribution in [0, 0.1) is 11.7 Å². The highest BCUT2D eigenvalue weighted by Crippen LogP contribution is 2.29. The molecule has 118 valence electrons. The zero-order chi connectivity index (χ0) is 15.6. The molecule has 0 spiro atoms. The molecule has 0 aromatic heterocycles. The number of sulfonamides is 1. The highest BCUT2D eigenvalue weighted by Gasteiger charge is 2.30. The van der Waals surface area contributed by atoms with E-state index < -0.39 is 15.8 Å². The van der Waals surface area contributed by atoms with Crippen molar-refractivity contribution in [1.29, 1.82) is 0 Å². The van der Waals surface area contributed by atoms with Gasteiger partial charge >= 0.3 is 0 Å². The maximum Gasteiger partial charge on any atom is 0.242 e. The number of halogens is 2. The molecule has 1 aliphatic carbocycles. The van der Waals surface area contributed by atoms with E-state index in [4.69, 9.17) is 5.73 Å². The van der Waals surface area contributed by atoms with Crippen LogP contribution in [0.25, 0.3) is 0 Å². The molecule has 1 aromatic rings. The third-order valence-electron chi connectivity index (χ3n) is 3.79. The third-order valence-corrected chi connectivity index (χ3v) is 5.95. The quantitative estimate of drug-likeness (QED) is 0.696. The van der Waals surface area contributed by atoms with Crippen LogP contribution in [0.15, 0.2) is 21.5 Å². The van der Waals surface area contributed by atoms with Crippen LogP contribution in [0.4, 0.5) is 10.1 Å². The second-order valence-electron chi connectivity index (χ2n) is 5.26. The summed E-state index contributed by atoms with van der Waals surface area (Å²) in [5.74, 6) is -0.712. The monoisotopic (exact) mass is 380 g/mol. The van der Waals surface area contributed by atoms with Crippen LogP contribution in [-0.2, 0) is 10.0 Å². The number of nitrogens with two attached hydrogens (primary N) is 1. The minimum Gasteiger partial charge on any atom is -0.398 e. The van der Waals surface area contributed by atoms with E-state index in [0.717, 1.165) is 31.4 Å². The van der Waals surface area contributed by atoms with E-state index in [-0.39, 0.29) is 33.6 Å². The van der Waals surface area contributed by atoms with Crippen LogP contribution in [0.5, 0.6) is 0 Å². The van der Waals surface area contributed by atoms with Crippen molar-refractivity contribution < 1.29 is 17.9 Å². The fourth-order valence-electron chi connectivity index (χ4n) is 2.62. The molecule has 1 aliphatic rings. The number of aliphatic hydroxyl groups excluding tert-OH is 1. The van der Waals surface area contributed by atoms with Crippen LogP contribution in [0.1, 0.15) is 25.7 Å². The van der Waals surface area contributed by atoms with E-state index in [1.807, 2.05) is 0 Å². The fraction of sp³-hybridized carbons (Fsp3) is 0.538. The fourth-order valence-corrected chi connectivity index (χ4v) is 4.59. The third kappa shape index (κ3) is 3.74. The number of hydrogen-bond donors (Lipinski definition) is 3. The first kappa shape index (κ1) is 16.7. The molecule has 0 aliphatic heterocycles. The van der Waals surface area contributed by atoms with Gasteiger partial charge < -0.3 is 10.8 Å². The largest absolute Gasteiger partial charge is 0.398 e. The molecular weight excluding hydrogens is 363 g/mol. The van der Waals surface area contributed by atoms with E-state index in [1.165, 1.54) is 0 Å². The predicted molar refractivity (Wildman–Crippen MR) is 81.7 cm³/mol. The van der Waals surface area contributed by atoms with Crippen LogP contribution in [-0.4, -0.2) is 26.2 Å². The Balaban J connectivity index is 2.28. The van der Waals surface area contributed by atoms with Gasteiger partial charge in [0.25, 0.3) is 0 Å². The van der Waals surface area contributed by atoms with Gasteiger partial charge in [-0.15, -0.1) is 0 Å². The SMILES string of the molecule is Nc1cc(F)c(Br)cc1S(=O)(=O)NC1CCCCC1CO. The van der Waals surface area contributed by atoms with Crippen LogP contribution < -0.4 is 10.5 Å². The minimum absolute atomic E-state index is 0.0411. The first-order chi connectivity index (χ1) is 9.85. The van der Waals surface area contributed by atoms with Gasteiger partial charge in [-0.3, -0.25) is 0 Å². The van der Waals surface area contributed by atoms with Crippen molar-refractivity contribution in [1.82, 2.24) is 4.72 Å². The van der Waals surface area contributed by atoms with Crippen LogP contribution in [0.3, 0.4) is 0 Å². The summed E-state index contributed by atoms with van der Waals surface area (Å²) in [5, 5.41) is 9.35. The predicted octanol–water partition coefficient (Wildman–Crippen LogP) is 2.00. The lowest BCUT2D eigenvalue weighted by molar-refractivity contribution is 0.164. The standard InChI is InChI=1S/C13H18BrFN2O3S/c14-9-5-13(11(16)6-10(9)15)21(19,20)17-12-4-2-1-3-8(12)7-18/h5-6,8,12,17-18H,1-4,7,16H2. The number of hydrogen-bond acceptors (Lipinski definition) is 4. The van der Waals surface area contributed by atoms with Gasteiger partial charge in [-0.2, -0.15) is 0 Å². The summed E-state index contributed by atoms with van der Waals surface area (Å²) in [6.07, 6.45) is 3.35. The van der Waals surface area contributed by atoms with Crippen molar-refractivity contribution in [3.63, 3.8) is 0 Å². The lowest BCUT2D eigenvalue weighted by Gasteiger charge is -2.30. The van der Waals surface area contributed by atoms with Crippen LogP contribution >= 0.6 is 15.9 Å². The highest BCUT2D eigenvalue weighted by atomic mass is 79.9. The summed E-state index contributed by atoms with van der Waals surface area (Å²) >= 11 is 2.96. The minimum atomic E-state index is -3.86. The van der Waals surface area contributed by atoms with Gasteiger partial charge in [-0.05, 0) is 46.8 Å². The number of benzene rings is 1. The number of rotatable bonds is 4. The molecule has 1 fully saturated rings. The Labute approximate surface area is 131 Å². The summed E-state index contributed by atoms with van der Waals surface area (Å²) in [6.45, 7) is -0.0597. The maximum absolute atomic E-state index is 13.3. The van der Waals surface area contributed by atoms with E-state index in [9.17, 15) is 17.9 Å². The summed E-state index contributed by atoms with van der Waals surface area (Å²) < 4.78 is 40.8. The molecule has 0 amide bonds. The highest BCUT2D eigenvalue weighted by molar-refractivity contribution is 9.10. The summed E-state index contributed by atoms with van der Waals surface area (Å²) in [7, 11) is -3.86. The lowest BCUT2D eigenvalue weighted by atomic mass is 9.86. The normalized spacial score (nSPS) is 23.2. The van der Waals surface area contributed by atoms with Crippen molar-refractivity contribution >= 4 is 31.6 Å². The first-order valence-corrected chi connectivity index (χ1v) is 9.00. The van der Waals surface area contributed by atoms with Gasteiger partial charge in [-0.25, -0.2) is 17.5 Å². The molecule has 0 saturated heterocycles. The van der Waals surface area contributed by atoms with Gasteiger partial charge in [0.1, 0.15) is 10.7 Å². The van der Waals surface area contributed by atoms with Crippen molar-refractivity contribution in [2.24, 2.45) is 5.92 Å². The summed E-state index contributed by atoms with van der Waals surface area (Å²) in [6, 6.07) is 1.81. The Hall–Kier alpha value is -0.700. The molecule has 0 heterocycles. The molecule has 5 nitrogen and oxygen atoms in total. The number of nitrogen functional groups attached to an aromatic ring is 1. The van der Waals surface area contributed by atoms with Crippen LogP contribution in [0.2, 0.25) is 0 Å². The molecule has 0 radical (unpaired) electrons. The zero-order valence-corrected chi connectivity index (χ0v) is 13.8. The maximum atomic E-state index is 13.3. The molecule has 4 N–H and O–H groups in total. The first-order valence-electron chi connectivity index (χ1n) is 6.73. The Morgan fingerprint density at radius 1 is 1.38 bits per heavy atom. The van der Waals surface area contributed by atoms with Gasteiger partial charge in [0.05, 0.1) is 10.2 Å². The molecule has 1 saturated carbocycles. The molecule has 2 atom stereocenters. The lowest BCUT2D eigenvalue weighted by Crippen LogP contribution is -2.43. The second kappa shape index (κ2) is 6.60. The Morgan fingerprint density at radius 3 is 2.71 bits per heavy atom. The van der Waals surface area contributed by atoms with Crippen molar-refractivity contribution in [2.45, 2.75) is 36.6 Å². The number of nitrogens with one attached hydrogen (secondary N) is 1. The van der Waals surface area contributed by atoms with E-state index in [0.29, 0.717) is 6.42 Å². The Bertz CT molecular complexity index is 624. The number of aliphatic hydroxyl groups is 1. The van der Waals surface area contributed by atoms with E-state index in [2.05, 4.69) is 20.7 Å². The Kier molecular flexibility index (Phi) is 5.24. The van der Waals surface area contributed by atoms with Crippen molar-refractivity contribution in [3.8, 4) is 0 Å². The summed E-state index contributed by atoms with van der Waals surface area (Å²) in [4.78, 5) is -0.155. The molecule has 2 rings (SSSR count). The average Bonchev–Trinajstić information content (AvgIpc) is 2.43. The van der Waals surface area contributed by atoms with Gasteiger partial charge in [0, 0.05) is 12.6 Å². The van der Waals surface area contributed by atoms with Crippen molar-refractivity contribution in [3.05, 3.63) is 22.4 Å². The molecular formula is C13H18BrFN2O3S. The second-order valence-corrected chi connectivity index (χ2v) is 7.80. The summed E-state index contributed by atoms with van der Waals surface area (Å²) in [5.41, 5.74) is 5.48. The van der Waals surface area contributed by atoms with Crippen molar-refractivity contribution in [2.75, 3.05) is 12.3 Å². The molecule has 2 unspecified atom stereocenters. The zero-order valence-electron chi connectivity index (χ0n) is 11.4. The topological polar surface area (TPSA) is 92.4 Å². The van der Waals surface area contributed by atoms with E-state index in [1.54, 1.807) is 0 Å². The number of anilines is 1.